The molecule has 0 radical (unpaired) electrons. The maximum atomic E-state index is 12.3. The fraction of sp³-hybridized carbons (Fsp3) is 0.381. The smallest absolute Gasteiger partial charge is 0.251 e. The van der Waals surface area contributed by atoms with Gasteiger partial charge in [0.05, 0.1) is 24.6 Å². The summed E-state index contributed by atoms with van der Waals surface area (Å²) < 4.78 is 31.5. The lowest BCUT2D eigenvalue weighted by Gasteiger charge is -2.23. The summed E-state index contributed by atoms with van der Waals surface area (Å²) in [6.45, 7) is 3.46. The second-order valence-electron chi connectivity index (χ2n) is 7.15. The van der Waals surface area contributed by atoms with Crippen LogP contribution in [0.2, 0.25) is 0 Å². The number of hydrogen-bond donors (Lipinski definition) is 1. The molecule has 0 aromatic heterocycles. The van der Waals surface area contributed by atoms with Crippen molar-refractivity contribution >= 4 is 21.6 Å². The molecule has 1 atom stereocenters. The minimum absolute atomic E-state index is 0.0819. The number of amides is 1. The van der Waals surface area contributed by atoms with Gasteiger partial charge in [-0.3, -0.25) is 9.10 Å². The predicted molar refractivity (Wildman–Crippen MR) is 110 cm³/mol. The maximum Gasteiger partial charge on any atom is 0.251 e. The molecule has 0 aliphatic carbocycles. The first-order valence-corrected chi connectivity index (χ1v) is 11.2. The molecular formula is C21H26N2O4S. The number of ether oxygens (including phenoxy) is 1. The van der Waals surface area contributed by atoms with Gasteiger partial charge in [0.15, 0.2) is 0 Å². The van der Waals surface area contributed by atoms with Crippen molar-refractivity contribution in [3.63, 3.8) is 0 Å². The van der Waals surface area contributed by atoms with E-state index in [0.29, 0.717) is 17.8 Å². The van der Waals surface area contributed by atoms with E-state index in [1.54, 1.807) is 24.3 Å². The number of nitrogens with zero attached hydrogens (tertiary/aromatic N) is 1. The second-order valence-corrected chi connectivity index (χ2v) is 9.05. The van der Waals surface area contributed by atoms with Crippen LogP contribution in [0.25, 0.3) is 0 Å². The van der Waals surface area contributed by atoms with Gasteiger partial charge < -0.3 is 10.1 Å². The molecule has 6 nitrogen and oxygen atoms in total. The van der Waals surface area contributed by atoms with Crippen LogP contribution in [0.3, 0.4) is 0 Å². The molecule has 2 aromatic carbocycles. The maximum absolute atomic E-state index is 12.3. The Balaban J connectivity index is 1.70. The van der Waals surface area contributed by atoms with E-state index in [1.807, 2.05) is 31.2 Å². The van der Waals surface area contributed by atoms with Gasteiger partial charge in [0.2, 0.25) is 10.0 Å². The summed E-state index contributed by atoms with van der Waals surface area (Å²) >= 11 is 0. The number of carbonyl (C=O) groups is 1. The van der Waals surface area contributed by atoms with Crippen molar-refractivity contribution in [1.29, 1.82) is 0 Å². The molecule has 1 aliphatic heterocycles. The van der Waals surface area contributed by atoms with Crippen molar-refractivity contribution in [2.24, 2.45) is 0 Å². The van der Waals surface area contributed by atoms with Gasteiger partial charge >= 0.3 is 0 Å². The minimum atomic E-state index is -3.46. The van der Waals surface area contributed by atoms with Crippen LogP contribution in [0, 0.1) is 6.92 Å². The van der Waals surface area contributed by atoms with Crippen molar-refractivity contribution in [2.75, 3.05) is 23.7 Å². The van der Waals surface area contributed by atoms with Crippen LogP contribution in [-0.2, 0) is 21.3 Å². The number of sulfonamides is 1. The molecule has 1 heterocycles. The molecule has 1 aliphatic rings. The number of carbonyl (C=O) groups excluding carboxylic acids is 1. The summed E-state index contributed by atoms with van der Waals surface area (Å²) in [7, 11) is -3.46. The molecule has 0 bridgehead atoms. The number of benzene rings is 2. The standard InChI is InChI=1S/C21H26N2O4S/c1-16-5-7-17(8-6-16)15-23(28(2,25)26)19-11-9-18(10-12-19)21(24)22-14-20-4-3-13-27-20/h5-12,20H,3-4,13-15H2,1-2H3,(H,22,24)/t20-/m0/s1. The fourth-order valence-electron chi connectivity index (χ4n) is 3.15. The van der Waals surface area contributed by atoms with Crippen LogP contribution in [0.5, 0.6) is 0 Å². The lowest BCUT2D eigenvalue weighted by molar-refractivity contribution is 0.0858. The van der Waals surface area contributed by atoms with Crippen molar-refractivity contribution in [1.82, 2.24) is 5.32 Å². The van der Waals surface area contributed by atoms with E-state index in [4.69, 9.17) is 4.74 Å². The van der Waals surface area contributed by atoms with Crippen LogP contribution in [-0.4, -0.2) is 39.8 Å². The highest BCUT2D eigenvalue weighted by Crippen LogP contribution is 2.21. The van der Waals surface area contributed by atoms with Crippen LogP contribution in [0.4, 0.5) is 5.69 Å². The number of anilines is 1. The zero-order valence-electron chi connectivity index (χ0n) is 16.2. The normalized spacial score (nSPS) is 16.7. The molecule has 1 fully saturated rings. The molecule has 28 heavy (non-hydrogen) atoms. The Hall–Kier alpha value is -2.38. The molecule has 0 spiro atoms. The quantitative estimate of drug-likeness (QED) is 0.773. The lowest BCUT2D eigenvalue weighted by atomic mass is 10.1. The Morgan fingerprint density at radius 3 is 2.39 bits per heavy atom. The van der Waals surface area contributed by atoms with Crippen molar-refractivity contribution in [2.45, 2.75) is 32.4 Å². The van der Waals surface area contributed by atoms with E-state index in [9.17, 15) is 13.2 Å². The molecule has 3 rings (SSSR count). The van der Waals surface area contributed by atoms with Gasteiger partial charge in [-0.05, 0) is 49.6 Å². The van der Waals surface area contributed by atoms with Gasteiger partial charge in [-0.1, -0.05) is 29.8 Å². The van der Waals surface area contributed by atoms with Gasteiger partial charge in [0.25, 0.3) is 5.91 Å². The summed E-state index contributed by atoms with van der Waals surface area (Å²) in [5.41, 5.74) is 3.03. The van der Waals surface area contributed by atoms with E-state index in [0.717, 1.165) is 30.6 Å². The average molecular weight is 403 g/mol. The zero-order chi connectivity index (χ0) is 20.1. The highest BCUT2D eigenvalue weighted by molar-refractivity contribution is 7.92. The SMILES string of the molecule is Cc1ccc(CN(c2ccc(C(=O)NC[C@@H]3CCCO3)cc2)S(C)(=O)=O)cc1. The summed E-state index contributed by atoms with van der Waals surface area (Å²) in [5, 5.41) is 2.87. The third-order valence-corrected chi connectivity index (χ3v) is 5.92. The van der Waals surface area contributed by atoms with Gasteiger partial charge in [-0.15, -0.1) is 0 Å². The van der Waals surface area contributed by atoms with Crippen molar-refractivity contribution in [3.05, 3.63) is 65.2 Å². The lowest BCUT2D eigenvalue weighted by Crippen LogP contribution is -2.32. The molecule has 1 amide bonds. The van der Waals surface area contributed by atoms with Crippen molar-refractivity contribution in [3.8, 4) is 0 Å². The highest BCUT2D eigenvalue weighted by atomic mass is 32.2. The third kappa shape index (κ3) is 5.33. The van der Waals surface area contributed by atoms with Gasteiger partial charge in [0, 0.05) is 18.7 Å². The predicted octanol–water partition coefficient (Wildman–Crippen LogP) is 2.87. The highest BCUT2D eigenvalue weighted by Gasteiger charge is 2.19. The molecule has 0 saturated carbocycles. The van der Waals surface area contributed by atoms with E-state index in [-0.39, 0.29) is 18.6 Å². The second kappa shape index (κ2) is 8.75. The third-order valence-electron chi connectivity index (χ3n) is 4.78. The van der Waals surface area contributed by atoms with E-state index in [1.165, 1.54) is 10.6 Å². The number of hydrogen-bond acceptors (Lipinski definition) is 4. The summed E-state index contributed by atoms with van der Waals surface area (Å²) in [5.74, 6) is -0.188. The molecule has 0 unspecified atom stereocenters. The number of rotatable bonds is 7. The monoisotopic (exact) mass is 402 g/mol. The molecule has 7 heteroatoms. The number of nitrogens with one attached hydrogen (secondary N) is 1. The minimum Gasteiger partial charge on any atom is -0.376 e. The number of aryl methyl sites for hydroxylation is 1. The molecule has 150 valence electrons. The molecule has 1 N–H and O–H groups in total. The van der Waals surface area contributed by atoms with Gasteiger partial charge in [-0.2, -0.15) is 0 Å². The van der Waals surface area contributed by atoms with Crippen LogP contribution >= 0.6 is 0 Å². The Morgan fingerprint density at radius 1 is 1.14 bits per heavy atom. The topological polar surface area (TPSA) is 75.7 Å². The van der Waals surface area contributed by atoms with Crippen LogP contribution in [0.1, 0.15) is 34.3 Å². The first-order valence-electron chi connectivity index (χ1n) is 9.36. The molecule has 2 aromatic rings. The Labute approximate surface area is 166 Å². The summed E-state index contributed by atoms with van der Waals surface area (Å²) in [6.07, 6.45) is 3.25. The largest absolute Gasteiger partial charge is 0.376 e. The zero-order valence-corrected chi connectivity index (χ0v) is 17.0. The summed E-state index contributed by atoms with van der Waals surface area (Å²) in [6, 6.07) is 14.4. The fourth-order valence-corrected chi connectivity index (χ4v) is 4.04. The van der Waals surface area contributed by atoms with E-state index < -0.39 is 10.0 Å². The van der Waals surface area contributed by atoms with E-state index >= 15 is 0 Å². The molecule has 1 saturated heterocycles. The van der Waals surface area contributed by atoms with Crippen LogP contribution in [0.15, 0.2) is 48.5 Å². The Bertz CT molecular complexity index is 902. The van der Waals surface area contributed by atoms with Gasteiger partial charge in [-0.25, -0.2) is 8.42 Å². The van der Waals surface area contributed by atoms with Crippen molar-refractivity contribution < 1.29 is 17.9 Å². The van der Waals surface area contributed by atoms with E-state index in [2.05, 4.69) is 5.32 Å². The molecular weight excluding hydrogens is 376 g/mol. The Morgan fingerprint density at radius 2 is 1.82 bits per heavy atom. The van der Waals surface area contributed by atoms with Gasteiger partial charge in [0.1, 0.15) is 0 Å². The van der Waals surface area contributed by atoms with Crippen LogP contribution < -0.4 is 9.62 Å². The first kappa shape index (κ1) is 20.4. The average Bonchev–Trinajstić information content (AvgIpc) is 3.18. The summed E-state index contributed by atoms with van der Waals surface area (Å²) in [4.78, 5) is 12.3. The Kier molecular flexibility index (Phi) is 6.36. The first-order chi connectivity index (χ1) is 13.3.